The van der Waals surface area contributed by atoms with Crippen LogP contribution in [0.15, 0.2) is 12.3 Å². The normalized spacial score (nSPS) is 26.5. The Labute approximate surface area is 221 Å². The summed E-state index contributed by atoms with van der Waals surface area (Å²) in [4.78, 5) is 26.2. The summed E-state index contributed by atoms with van der Waals surface area (Å²) in [6.45, 7) is 8.58. The summed E-state index contributed by atoms with van der Waals surface area (Å²) in [6.07, 6.45) is 15.0. The van der Waals surface area contributed by atoms with Crippen molar-refractivity contribution < 1.29 is 19.4 Å². The van der Waals surface area contributed by atoms with E-state index in [4.69, 9.17) is 4.74 Å². The predicted molar refractivity (Wildman–Crippen MR) is 144 cm³/mol. The van der Waals surface area contributed by atoms with Gasteiger partial charge in [-0.05, 0) is 69.8 Å². The average Bonchev–Trinajstić information content (AvgIpc) is 3.53. The van der Waals surface area contributed by atoms with Gasteiger partial charge in [0, 0.05) is 30.7 Å². The van der Waals surface area contributed by atoms with Gasteiger partial charge in [0.1, 0.15) is 5.56 Å². The van der Waals surface area contributed by atoms with Crippen LogP contribution < -0.4 is 15.4 Å². The fourth-order valence-corrected chi connectivity index (χ4v) is 6.39. The summed E-state index contributed by atoms with van der Waals surface area (Å²) < 4.78 is 7.68. The number of nitrogens with one attached hydrogen (secondary N) is 2. The molecule has 8 nitrogen and oxygen atoms in total. The minimum atomic E-state index is -0.572. The van der Waals surface area contributed by atoms with Gasteiger partial charge in [-0.2, -0.15) is 5.10 Å². The highest BCUT2D eigenvalue weighted by Crippen LogP contribution is 2.42. The van der Waals surface area contributed by atoms with Crippen molar-refractivity contribution in [3.05, 3.63) is 17.8 Å². The number of carbonyl (C=O) groups is 2. The average molecular weight is 515 g/mol. The van der Waals surface area contributed by atoms with Crippen molar-refractivity contribution in [2.24, 2.45) is 29.6 Å². The van der Waals surface area contributed by atoms with Gasteiger partial charge >= 0.3 is 0 Å². The Balaban J connectivity index is 1.50. The molecule has 0 spiro atoms. The first-order valence-corrected chi connectivity index (χ1v) is 14.3. The summed E-state index contributed by atoms with van der Waals surface area (Å²) in [5, 5.41) is 20.9. The summed E-state index contributed by atoms with van der Waals surface area (Å²) in [6, 6.07) is -0.0318. The second-order valence-electron chi connectivity index (χ2n) is 12.5. The van der Waals surface area contributed by atoms with Gasteiger partial charge in [0.2, 0.25) is 11.8 Å². The standard InChI is InChI=1S/C29H46N4O4/c1-19(2)18-37-28-24(27(36)31-25-22-11-7-8-20(14-22)15-23(25)17-34)16-30-33(28)13-12-29(3,4)32-26(35)21-9-5-6-10-21/h12-13,16,19-23,25,34H,5-11,14-15,17-18H2,1-4H3,(H,31,36)(H,32,35)/b13-12+/t20?,22?,23?,25-/m0/s1. The topological polar surface area (TPSA) is 105 Å². The van der Waals surface area contributed by atoms with Crippen LogP contribution in [0.25, 0.3) is 6.20 Å². The van der Waals surface area contributed by atoms with Crippen LogP contribution >= 0.6 is 0 Å². The lowest BCUT2D eigenvalue weighted by Gasteiger charge is -2.45. The molecule has 1 aromatic heterocycles. The van der Waals surface area contributed by atoms with E-state index < -0.39 is 5.54 Å². The lowest BCUT2D eigenvalue weighted by Crippen LogP contribution is -2.51. The Kier molecular flexibility index (Phi) is 8.98. The van der Waals surface area contributed by atoms with Crippen molar-refractivity contribution in [2.45, 2.75) is 97.1 Å². The van der Waals surface area contributed by atoms with Crippen molar-refractivity contribution >= 4 is 18.0 Å². The van der Waals surface area contributed by atoms with Gasteiger partial charge in [-0.1, -0.05) is 39.5 Å². The van der Waals surface area contributed by atoms with Crippen molar-refractivity contribution in [1.82, 2.24) is 20.4 Å². The predicted octanol–water partition coefficient (Wildman–Crippen LogP) is 4.39. The van der Waals surface area contributed by atoms with Gasteiger partial charge in [0.15, 0.2) is 0 Å². The van der Waals surface area contributed by atoms with Gasteiger partial charge in [0.25, 0.3) is 5.91 Å². The monoisotopic (exact) mass is 514 g/mol. The largest absolute Gasteiger partial charge is 0.477 e. The van der Waals surface area contributed by atoms with Gasteiger partial charge < -0.3 is 20.5 Å². The van der Waals surface area contributed by atoms with E-state index in [0.717, 1.165) is 44.9 Å². The first kappa shape index (κ1) is 27.7. The van der Waals surface area contributed by atoms with Crippen LogP contribution in [0, 0.1) is 29.6 Å². The van der Waals surface area contributed by atoms with Crippen LogP contribution in [-0.2, 0) is 4.79 Å². The molecule has 0 aliphatic heterocycles. The number of amides is 2. The van der Waals surface area contributed by atoms with Crippen molar-refractivity contribution in [3.8, 4) is 5.88 Å². The first-order valence-electron chi connectivity index (χ1n) is 14.3. The van der Waals surface area contributed by atoms with Crippen LogP contribution in [0.4, 0.5) is 0 Å². The number of aromatic nitrogens is 2. The molecule has 3 N–H and O–H groups in total. The first-order chi connectivity index (χ1) is 17.7. The molecule has 0 aromatic carbocycles. The summed E-state index contributed by atoms with van der Waals surface area (Å²) >= 11 is 0. The second kappa shape index (κ2) is 12.0. The van der Waals surface area contributed by atoms with Crippen molar-refractivity contribution in [2.75, 3.05) is 13.2 Å². The molecule has 37 heavy (non-hydrogen) atoms. The van der Waals surface area contributed by atoms with Crippen LogP contribution in [0.2, 0.25) is 0 Å². The van der Waals surface area contributed by atoms with E-state index in [1.54, 1.807) is 17.1 Å². The lowest BCUT2D eigenvalue weighted by atomic mass is 9.65. The quantitative estimate of drug-likeness (QED) is 0.429. The van der Waals surface area contributed by atoms with Gasteiger partial charge in [-0.15, -0.1) is 0 Å². The third-order valence-corrected chi connectivity index (χ3v) is 8.36. The van der Waals surface area contributed by atoms with E-state index >= 15 is 0 Å². The van der Waals surface area contributed by atoms with Crippen molar-refractivity contribution in [1.29, 1.82) is 0 Å². The van der Waals surface area contributed by atoms with Gasteiger partial charge in [-0.25, -0.2) is 4.68 Å². The van der Waals surface area contributed by atoms with E-state index in [1.165, 1.54) is 12.8 Å². The van der Waals surface area contributed by atoms with Crippen molar-refractivity contribution in [3.63, 3.8) is 0 Å². The zero-order valence-electron chi connectivity index (χ0n) is 23.0. The highest BCUT2D eigenvalue weighted by molar-refractivity contribution is 5.96. The molecule has 1 heterocycles. The molecule has 3 aliphatic rings. The molecule has 3 fully saturated rings. The molecule has 8 heteroatoms. The Bertz CT molecular complexity index is 961. The zero-order chi connectivity index (χ0) is 26.6. The smallest absolute Gasteiger partial charge is 0.258 e. The van der Waals surface area contributed by atoms with Gasteiger partial charge in [0.05, 0.1) is 18.3 Å². The lowest BCUT2D eigenvalue weighted by molar-refractivity contribution is -0.125. The molecule has 0 radical (unpaired) electrons. The van der Waals surface area contributed by atoms with E-state index in [-0.39, 0.29) is 42.2 Å². The van der Waals surface area contributed by atoms with E-state index in [1.807, 2.05) is 19.9 Å². The number of hydrogen-bond acceptors (Lipinski definition) is 5. The van der Waals surface area contributed by atoms with E-state index in [9.17, 15) is 14.7 Å². The molecule has 2 amide bonds. The molecule has 2 bridgehead atoms. The van der Waals surface area contributed by atoms with Crippen LogP contribution in [0.1, 0.15) is 95.8 Å². The number of carbonyl (C=O) groups excluding carboxylic acids is 2. The minimum Gasteiger partial charge on any atom is -0.477 e. The SMILES string of the molecule is CC(C)COc1c(C(=O)N[C@@H]2C(CO)CC3CCCC2C3)cnn1/C=C/C(C)(C)NC(=O)C1CCCC1. The number of nitrogens with zero attached hydrogens (tertiary/aromatic N) is 2. The molecule has 4 atom stereocenters. The van der Waals surface area contributed by atoms with Crippen LogP contribution in [0.3, 0.4) is 0 Å². The second-order valence-corrected chi connectivity index (χ2v) is 12.5. The Morgan fingerprint density at radius 3 is 2.65 bits per heavy atom. The summed E-state index contributed by atoms with van der Waals surface area (Å²) in [5.74, 6) is 1.83. The summed E-state index contributed by atoms with van der Waals surface area (Å²) in [5.41, 5.74) is -0.176. The fraction of sp³-hybridized carbons (Fsp3) is 0.759. The molecule has 206 valence electrons. The minimum absolute atomic E-state index is 0.0318. The molecule has 0 saturated heterocycles. The molecular weight excluding hydrogens is 468 g/mol. The molecular formula is C29H46N4O4. The molecule has 3 unspecified atom stereocenters. The highest BCUT2D eigenvalue weighted by Gasteiger charge is 2.40. The molecule has 3 saturated carbocycles. The number of aliphatic hydroxyl groups excluding tert-OH is 1. The maximum Gasteiger partial charge on any atom is 0.258 e. The number of rotatable bonds is 10. The Morgan fingerprint density at radius 1 is 1.19 bits per heavy atom. The molecule has 4 rings (SSSR count). The molecule has 1 aromatic rings. The van der Waals surface area contributed by atoms with Crippen LogP contribution in [-0.4, -0.2) is 51.5 Å². The third-order valence-electron chi connectivity index (χ3n) is 8.36. The van der Waals surface area contributed by atoms with E-state index in [0.29, 0.717) is 29.9 Å². The summed E-state index contributed by atoms with van der Waals surface area (Å²) in [7, 11) is 0. The fourth-order valence-electron chi connectivity index (χ4n) is 6.39. The highest BCUT2D eigenvalue weighted by atomic mass is 16.5. The molecule has 3 aliphatic carbocycles. The van der Waals surface area contributed by atoms with E-state index in [2.05, 4.69) is 29.6 Å². The number of aliphatic hydroxyl groups is 1. The van der Waals surface area contributed by atoms with Gasteiger partial charge in [-0.3, -0.25) is 9.59 Å². The maximum atomic E-state index is 13.5. The maximum absolute atomic E-state index is 13.5. The Hall–Kier alpha value is -2.35. The third kappa shape index (κ3) is 6.95. The number of hydrogen-bond donors (Lipinski definition) is 3. The van der Waals surface area contributed by atoms with Crippen LogP contribution in [0.5, 0.6) is 5.88 Å². The Morgan fingerprint density at radius 2 is 1.95 bits per heavy atom. The number of ether oxygens (including phenoxy) is 1. The zero-order valence-corrected chi connectivity index (χ0v) is 23.0. The number of fused-ring (bicyclic) bond motifs is 2.